The van der Waals surface area contributed by atoms with Gasteiger partial charge in [0.2, 0.25) is 0 Å². The maximum atomic E-state index is 13.3. The zero-order valence-electron chi connectivity index (χ0n) is 21.4. The van der Waals surface area contributed by atoms with Crippen LogP contribution >= 0.6 is 0 Å². The molecular weight excluding hydrogens is 508 g/mol. The van der Waals surface area contributed by atoms with Gasteiger partial charge in [0.15, 0.2) is 0 Å². The molecule has 0 saturated heterocycles. The van der Waals surface area contributed by atoms with E-state index in [1.165, 1.54) is 0 Å². The van der Waals surface area contributed by atoms with Gasteiger partial charge in [-0.25, -0.2) is 19.8 Å². The Labute approximate surface area is 230 Å². The summed E-state index contributed by atoms with van der Waals surface area (Å²) >= 11 is 0. The van der Waals surface area contributed by atoms with Gasteiger partial charge in [-0.1, -0.05) is 97.1 Å². The van der Waals surface area contributed by atoms with Crippen LogP contribution in [0.1, 0.15) is 34.1 Å². The van der Waals surface area contributed by atoms with Crippen molar-refractivity contribution in [3.8, 4) is 22.3 Å². The molecule has 0 spiro atoms. The lowest BCUT2D eigenvalue weighted by Gasteiger charge is -2.26. The second-order valence-electron chi connectivity index (χ2n) is 9.85. The number of esters is 2. The van der Waals surface area contributed by atoms with Gasteiger partial charge in [-0.3, -0.25) is 5.84 Å². The lowest BCUT2D eigenvalue weighted by molar-refractivity contribution is -0.175. The number of ether oxygens (including phenoxy) is 2. The third-order valence-corrected chi connectivity index (χ3v) is 7.84. The molecular formula is C32H26N2O6. The molecule has 0 fully saturated rings. The largest absolute Gasteiger partial charge is 0.479 e. The summed E-state index contributed by atoms with van der Waals surface area (Å²) in [5, 5.41) is 10.0. The van der Waals surface area contributed by atoms with Gasteiger partial charge in [0.05, 0.1) is 0 Å². The Hall–Kier alpha value is -4.79. The molecule has 2 aliphatic carbocycles. The van der Waals surface area contributed by atoms with Crippen LogP contribution in [0.5, 0.6) is 0 Å². The van der Waals surface area contributed by atoms with Crippen molar-refractivity contribution >= 4 is 17.9 Å². The average molecular weight is 535 g/mol. The number of carbonyl (C=O) groups excluding carboxylic acids is 2. The van der Waals surface area contributed by atoms with E-state index in [1.54, 1.807) is 0 Å². The fourth-order valence-electron chi connectivity index (χ4n) is 5.85. The van der Waals surface area contributed by atoms with E-state index in [0.29, 0.717) is 0 Å². The van der Waals surface area contributed by atoms with E-state index in [9.17, 15) is 19.5 Å². The highest BCUT2D eigenvalue weighted by atomic mass is 16.6. The summed E-state index contributed by atoms with van der Waals surface area (Å²) in [6.07, 6.45) is 0. The molecule has 0 atom stereocenters. The average Bonchev–Trinajstić information content (AvgIpc) is 3.48. The van der Waals surface area contributed by atoms with E-state index in [0.717, 1.165) is 44.5 Å². The molecule has 0 unspecified atom stereocenters. The summed E-state index contributed by atoms with van der Waals surface area (Å²) in [6, 6.07) is 30.9. The lowest BCUT2D eigenvalue weighted by Crippen LogP contribution is -2.67. The Morgan fingerprint density at radius 1 is 0.625 bits per heavy atom. The van der Waals surface area contributed by atoms with Crippen LogP contribution in [0.4, 0.5) is 0 Å². The fraction of sp³-hybridized carbons (Fsp3) is 0.156. The van der Waals surface area contributed by atoms with Crippen LogP contribution in [-0.2, 0) is 23.9 Å². The molecule has 4 aromatic rings. The molecule has 0 saturated carbocycles. The molecule has 4 N–H and O–H groups in total. The number of fused-ring (bicyclic) bond motifs is 6. The maximum absolute atomic E-state index is 13.3. The van der Waals surface area contributed by atoms with Crippen LogP contribution in [0.25, 0.3) is 22.3 Å². The number of nitrogens with two attached hydrogens (primary N) is 1. The number of carboxylic acids is 1. The number of benzene rings is 4. The van der Waals surface area contributed by atoms with Crippen LogP contribution in [0.15, 0.2) is 97.1 Å². The van der Waals surface area contributed by atoms with Crippen molar-refractivity contribution in [2.75, 3.05) is 13.2 Å². The van der Waals surface area contributed by atoms with Crippen molar-refractivity contribution in [2.45, 2.75) is 17.4 Å². The van der Waals surface area contributed by atoms with Crippen molar-refractivity contribution in [3.05, 3.63) is 119 Å². The first-order valence-electron chi connectivity index (χ1n) is 12.9. The van der Waals surface area contributed by atoms with E-state index in [2.05, 4.69) is 0 Å². The topological polar surface area (TPSA) is 128 Å². The number of rotatable bonds is 8. The van der Waals surface area contributed by atoms with Gasteiger partial charge in [0, 0.05) is 11.8 Å². The maximum Gasteiger partial charge on any atom is 0.351 e. The molecule has 0 aromatic heterocycles. The summed E-state index contributed by atoms with van der Waals surface area (Å²) in [5.74, 6) is 0.384. The van der Waals surface area contributed by atoms with E-state index in [-0.39, 0.29) is 25.0 Å². The van der Waals surface area contributed by atoms with Gasteiger partial charge < -0.3 is 14.6 Å². The molecule has 2 aliphatic rings. The molecule has 0 aliphatic heterocycles. The summed E-state index contributed by atoms with van der Waals surface area (Å²) in [4.78, 5) is 39.0. The monoisotopic (exact) mass is 534 g/mol. The van der Waals surface area contributed by atoms with Crippen LogP contribution in [-0.4, -0.2) is 41.8 Å². The quantitative estimate of drug-likeness (QED) is 0.134. The van der Waals surface area contributed by atoms with Gasteiger partial charge >= 0.3 is 23.4 Å². The summed E-state index contributed by atoms with van der Waals surface area (Å²) in [5.41, 5.74) is 6.78. The number of aliphatic carboxylic acids is 1. The third kappa shape index (κ3) is 3.88. The van der Waals surface area contributed by atoms with E-state index < -0.39 is 23.4 Å². The lowest BCUT2D eigenvalue weighted by atomic mass is 9.97. The number of carbonyl (C=O) groups is 3. The Kier molecular flexibility index (Phi) is 6.42. The molecule has 40 heavy (non-hydrogen) atoms. The van der Waals surface area contributed by atoms with E-state index in [4.69, 9.17) is 15.3 Å². The first kappa shape index (κ1) is 25.5. The summed E-state index contributed by atoms with van der Waals surface area (Å²) in [6.45, 7) is -0.361. The Balaban J connectivity index is 1.22. The Morgan fingerprint density at radius 3 is 1.20 bits per heavy atom. The second kappa shape index (κ2) is 10.1. The molecule has 0 heterocycles. The molecule has 8 nitrogen and oxygen atoms in total. The molecule has 200 valence electrons. The molecule has 8 heteroatoms. The van der Waals surface area contributed by atoms with Gasteiger partial charge in [-0.05, 0) is 44.5 Å². The SMILES string of the molecule is NNC(C(=O)O)(C(=O)OCC1c2ccccc2-c2ccccc21)C(=O)OCC1c2ccccc2-c2ccccc21. The minimum atomic E-state index is -2.94. The summed E-state index contributed by atoms with van der Waals surface area (Å²) < 4.78 is 11.0. The van der Waals surface area contributed by atoms with Crippen molar-refractivity contribution in [1.82, 2.24) is 5.43 Å². The fourth-order valence-corrected chi connectivity index (χ4v) is 5.85. The predicted octanol–water partition coefficient (Wildman–Crippen LogP) is 3.98. The zero-order valence-corrected chi connectivity index (χ0v) is 21.4. The number of carboxylic acid groups (broad SMARTS) is 1. The Bertz CT molecular complexity index is 1450. The predicted molar refractivity (Wildman–Crippen MR) is 147 cm³/mol. The van der Waals surface area contributed by atoms with Crippen LogP contribution in [0.3, 0.4) is 0 Å². The van der Waals surface area contributed by atoms with Crippen LogP contribution in [0, 0.1) is 0 Å². The molecule has 6 rings (SSSR count). The molecule has 4 aromatic carbocycles. The zero-order chi connectivity index (χ0) is 27.9. The standard InChI is InChI=1S/C32H26N2O6/c33-34-32(29(35)36,30(37)39-17-27-23-13-5-1-9-19(23)20-10-2-6-14-24(20)27)31(38)40-18-28-25-15-7-3-11-21(25)22-12-4-8-16-26(22)28/h1-16,27-28,34H,17-18,33H2,(H,35,36). The van der Waals surface area contributed by atoms with Gasteiger partial charge in [-0.15, -0.1) is 0 Å². The highest BCUT2D eigenvalue weighted by Crippen LogP contribution is 2.46. The van der Waals surface area contributed by atoms with Crippen molar-refractivity contribution in [1.29, 1.82) is 0 Å². The van der Waals surface area contributed by atoms with E-state index in [1.807, 2.05) is 102 Å². The molecule has 0 amide bonds. The van der Waals surface area contributed by atoms with Crippen molar-refractivity contribution < 1.29 is 29.0 Å². The highest BCUT2D eigenvalue weighted by molar-refractivity contribution is 6.22. The smallest absolute Gasteiger partial charge is 0.351 e. The first-order chi connectivity index (χ1) is 19.5. The van der Waals surface area contributed by atoms with Crippen LogP contribution < -0.4 is 11.3 Å². The minimum Gasteiger partial charge on any atom is -0.479 e. The Morgan fingerprint density at radius 2 is 0.925 bits per heavy atom. The van der Waals surface area contributed by atoms with Gasteiger partial charge in [-0.2, -0.15) is 0 Å². The number of nitrogens with one attached hydrogen (secondary N) is 1. The third-order valence-electron chi connectivity index (χ3n) is 7.84. The van der Waals surface area contributed by atoms with Crippen molar-refractivity contribution in [2.24, 2.45) is 5.84 Å². The number of hydrazine groups is 1. The number of hydrogen-bond acceptors (Lipinski definition) is 7. The minimum absolute atomic E-state index is 0.180. The second-order valence-corrected chi connectivity index (χ2v) is 9.85. The first-order valence-corrected chi connectivity index (χ1v) is 12.9. The van der Waals surface area contributed by atoms with Gasteiger partial charge in [0.25, 0.3) is 0 Å². The summed E-state index contributed by atoms with van der Waals surface area (Å²) in [7, 11) is 0. The normalized spacial score (nSPS) is 13.6. The molecule has 0 bridgehead atoms. The van der Waals surface area contributed by atoms with Gasteiger partial charge in [0.1, 0.15) is 13.2 Å². The molecule has 0 radical (unpaired) electrons. The van der Waals surface area contributed by atoms with Crippen molar-refractivity contribution in [3.63, 3.8) is 0 Å². The number of hydrogen-bond donors (Lipinski definition) is 3. The highest BCUT2D eigenvalue weighted by Gasteiger charge is 2.57. The van der Waals surface area contributed by atoms with E-state index >= 15 is 0 Å². The van der Waals surface area contributed by atoms with Crippen LogP contribution in [0.2, 0.25) is 0 Å².